The van der Waals surface area contributed by atoms with Crippen LogP contribution in [0.15, 0.2) is 22.7 Å². The predicted octanol–water partition coefficient (Wildman–Crippen LogP) is 3.76. The molecule has 0 atom stereocenters. The zero-order chi connectivity index (χ0) is 11.6. The van der Waals surface area contributed by atoms with E-state index in [1.165, 1.54) is 11.9 Å². The van der Waals surface area contributed by atoms with Gasteiger partial charge in [-0.2, -0.15) is 13.2 Å². The molecule has 0 aromatic heterocycles. The highest BCUT2D eigenvalue weighted by molar-refractivity contribution is 9.10. The maximum Gasteiger partial charge on any atom is 0.405 e. The van der Waals surface area contributed by atoms with Crippen LogP contribution in [-0.2, 0) is 0 Å². The number of benzene rings is 1. The number of hydrogen-bond acceptors (Lipinski definition) is 1. The molecule has 0 radical (unpaired) electrons. The molecule has 84 valence electrons. The summed E-state index contributed by atoms with van der Waals surface area (Å²) in [5, 5.41) is 0. The largest absolute Gasteiger partial charge is 0.405 e. The summed E-state index contributed by atoms with van der Waals surface area (Å²) in [5.41, 5.74) is 1.41. The van der Waals surface area contributed by atoms with Crippen LogP contribution in [0.4, 0.5) is 18.9 Å². The lowest BCUT2D eigenvalue weighted by Crippen LogP contribution is -2.31. The highest BCUT2D eigenvalue weighted by Crippen LogP contribution is 2.26. The fourth-order valence-corrected chi connectivity index (χ4v) is 1.70. The Hall–Kier alpha value is -0.710. The van der Waals surface area contributed by atoms with E-state index in [4.69, 9.17) is 0 Å². The lowest BCUT2D eigenvalue weighted by Gasteiger charge is -2.22. The van der Waals surface area contributed by atoms with E-state index in [9.17, 15) is 13.2 Å². The third kappa shape index (κ3) is 3.74. The Morgan fingerprint density at radius 1 is 1.33 bits per heavy atom. The maximum atomic E-state index is 12.2. The van der Waals surface area contributed by atoms with Crippen molar-refractivity contribution in [1.82, 2.24) is 0 Å². The first-order chi connectivity index (χ1) is 6.79. The number of aryl methyl sites for hydroxylation is 1. The Bertz CT molecular complexity index is 349. The van der Waals surface area contributed by atoms with Crippen LogP contribution in [0.1, 0.15) is 5.56 Å². The normalized spacial score (nSPS) is 11.6. The predicted molar refractivity (Wildman–Crippen MR) is 58.2 cm³/mol. The summed E-state index contributed by atoms with van der Waals surface area (Å²) in [4.78, 5) is 1.19. The summed E-state index contributed by atoms with van der Waals surface area (Å²) < 4.78 is 37.3. The summed E-state index contributed by atoms with van der Waals surface area (Å²) in [6.45, 7) is 0.846. The first-order valence-electron chi connectivity index (χ1n) is 4.33. The van der Waals surface area contributed by atoms with Crippen molar-refractivity contribution in [2.45, 2.75) is 13.1 Å². The Kier molecular flexibility index (Phi) is 3.65. The fraction of sp³-hybridized carbons (Fsp3) is 0.400. The van der Waals surface area contributed by atoms with Gasteiger partial charge < -0.3 is 4.90 Å². The molecular weight excluding hydrogens is 271 g/mol. The monoisotopic (exact) mass is 281 g/mol. The van der Waals surface area contributed by atoms with Crippen LogP contribution in [-0.4, -0.2) is 19.8 Å². The molecule has 0 saturated carbocycles. The molecule has 0 bridgehead atoms. The van der Waals surface area contributed by atoms with Crippen LogP contribution >= 0.6 is 15.9 Å². The molecule has 15 heavy (non-hydrogen) atoms. The Balaban J connectivity index is 2.90. The van der Waals surface area contributed by atoms with Gasteiger partial charge in [-0.15, -0.1) is 0 Å². The highest BCUT2D eigenvalue weighted by Gasteiger charge is 2.29. The average Bonchev–Trinajstić information content (AvgIpc) is 2.06. The lowest BCUT2D eigenvalue weighted by atomic mass is 10.2. The molecule has 0 unspecified atom stereocenters. The number of halogens is 4. The van der Waals surface area contributed by atoms with E-state index in [0.29, 0.717) is 5.69 Å². The molecule has 0 heterocycles. The van der Waals surface area contributed by atoms with Crippen LogP contribution in [0.5, 0.6) is 0 Å². The van der Waals surface area contributed by atoms with Gasteiger partial charge in [0, 0.05) is 17.2 Å². The molecule has 0 saturated heterocycles. The maximum absolute atomic E-state index is 12.2. The summed E-state index contributed by atoms with van der Waals surface area (Å²) in [7, 11) is 1.43. The Labute approximate surface area is 95.0 Å². The van der Waals surface area contributed by atoms with Crippen molar-refractivity contribution in [3.05, 3.63) is 28.2 Å². The minimum Gasteiger partial charge on any atom is -0.365 e. The SMILES string of the molecule is Cc1ccc(Br)cc1N(C)CC(F)(F)F. The van der Waals surface area contributed by atoms with Crippen molar-refractivity contribution in [2.24, 2.45) is 0 Å². The molecule has 5 heteroatoms. The summed E-state index contributed by atoms with van der Waals surface area (Å²) in [6.07, 6.45) is -4.18. The lowest BCUT2D eigenvalue weighted by molar-refractivity contribution is -0.119. The number of hydrogen-bond donors (Lipinski definition) is 0. The standard InChI is InChI=1S/C10H11BrF3N/c1-7-3-4-8(11)5-9(7)15(2)6-10(12,13)14/h3-5H,6H2,1-2H3. The van der Waals surface area contributed by atoms with Gasteiger partial charge in [-0.05, 0) is 24.6 Å². The van der Waals surface area contributed by atoms with E-state index < -0.39 is 12.7 Å². The van der Waals surface area contributed by atoms with Gasteiger partial charge in [-0.25, -0.2) is 0 Å². The molecule has 0 spiro atoms. The molecule has 0 fully saturated rings. The van der Waals surface area contributed by atoms with Gasteiger partial charge in [0.15, 0.2) is 0 Å². The van der Waals surface area contributed by atoms with Gasteiger partial charge in [0.25, 0.3) is 0 Å². The third-order valence-electron chi connectivity index (χ3n) is 2.00. The number of rotatable bonds is 2. The first-order valence-corrected chi connectivity index (χ1v) is 5.13. The molecule has 0 aliphatic carbocycles. The first kappa shape index (κ1) is 12.4. The second-order valence-corrected chi connectivity index (χ2v) is 4.32. The molecule has 1 rings (SSSR count). The third-order valence-corrected chi connectivity index (χ3v) is 2.49. The van der Waals surface area contributed by atoms with Gasteiger partial charge in [-0.3, -0.25) is 0 Å². The van der Waals surface area contributed by atoms with Crippen LogP contribution < -0.4 is 4.90 Å². The number of alkyl halides is 3. The summed E-state index contributed by atoms with van der Waals surface area (Å²) in [6, 6.07) is 5.27. The zero-order valence-electron chi connectivity index (χ0n) is 8.40. The zero-order valence-corrected chi connectivity index (χ0v) is 9.98. The van der Waals surface area contributed by atoms with Crippen LogP contribution in [0.2, 0.25) is 0 Å². The second kappa shape index (κ2) is 4.43. The second-order valence-electron chi connectivity index (χ2n) is 3.40. The van der Waals surface area contributed by atoms with Crippen molar-refractivity contribution >= 4 is 21.6 Å². The van der Waals surface area contributed by atoms with Gasteiger partial charge >= 0.3 is 6.18 Å². The highest BCUT2D eigenvalue weighted by atomic mass is 79.9. The van der Waals surface area contributed by atoms with Crippen LogP contribution in [0.3, 0.4) is 0 Å². The molecule has 1 aromatic carbocycles. The van der Waals surface area contributed by atoms with Gasteiger partial charge in [0.2, 0.25) is 0 Å². The van der Waals surface area contributed by atoms with Gasteiger partial charge in [-0.1, -0.05) is 22.0 Å². The summed E-state index contributed by atoms with van der Waals surface area (Å²) in [5.74, 6) is 0. The average molecular weight is 282 g/mol. The van der Waals surface area contributed by atoms with Gasteiger partial charge in [0.05, 0.1) is 0 Å². The van der Waals surface area contributed by atoms with Crippen LogP contribution in [0.25, 0.3) is 0 Å². The quantitative estimate of drug-likeness (QED) is 0.798. The molecule has 0 N–H and O–H groups in total. The Morgan fingerprint density at radius 3 is 2.47 bits per heavy atom. The Morgan fingerprint density at radius 2 is 1.93 bits per heavy atom. The van der Waals surface area contributed by atoms with E-state index >= 15 is 0 Å². The van der Waals surface area contributed by atoms with E-state index in [2.05, 4.69) is 15.9 Å². The molecular formula is C10H11BrF3N. The van der Waals surface area contributed by atoms with Crippen molar-refractivity contribution in [3.63, 3.8) is 0 Å². The molecule has 0 aliphatic heterocycles. The molecule has 0 aliphatic rings. The van der Waals surface area contributed by atoms with E-state index in [-0.39, 0.29) is 0 Å². The van der Waals surface area contributed by atoms with Crippen molar-refractivity contribution in [2.75, 3.05) is 18.5 Å². The molecule has 0 amide bonds. The number of anilines is 1. The molecule has 1 aromatic rings. The number of nitrogens with zero attached hydrogens (tertiary/aromatic N) is 1. The topological polar surface area (TPSA) is 3.24 Å². The summed E-state index contributed by atoms with van der Waals surface area (Å²) >= 11 is 3.24. The van der Waals surface area contributed by atoms with Crippen LogP contribution in [0, 0.1) is 6.92 Å². The van der Waals surface area contributed by atoms with E-state index in [1.54, 1.807) is 25.1 Å². The molecule has 1 nitrogen and oxygen atoms in total. The van der Waals surface area contributed by atoms with Crippen molar-refractivity contribution in [3.8, 4) is 0 Å². The fourth-order valence-electron chi connectivity index (χ4n) is 1.35. The van der Waals surface area contributed by atoms with Crippen molar-refractivity contribution < 1.29 is 13.2 Å². The van der Waals surface area contributed by atoms with E-state index in [0.717, 1.165) is 10.0 Å². The van der Waals surface area contributed by atoms with Crippen molar-refractivity contribution in [1.29, 1.82) is 0 Å². The minimum atomic E-state index is -4.18. The minimum absolute atomic E-state index is 0.585. The smallest absolute Gasteiger partial charge is 0.365 e. The van der Waals surface area contributed by atoms with E-state index in [1.807, 2.05) is 0 Å². The van der Waals surface area contributed by atoms with Gasteiger partial charge in [0.1, 0.15) is 6.54 Å².